The molecule has 0 spiro atoms. The molecule has 2 aromatic rings. The van der Waals surface area contributed by atoms with Crippen molar-refractivity contribution in [1.82, 2.24) is 14.8 Å². The highest BCUT2D eigenvalue weighted by Gasteiger charge is 2.40. The lowest BCUT2D eigenvalue weighted by Crippen LogP contribution is -2.48. The van der Waals surface area contributed by atoms with Crippen LogP contribution in [0, 0.1) is 0 Å². The third-order valence-corrected chi connectivity index (χ3v) is 6.90. The first-order valence-electron chi connectivity index (χ1n) is 10.8. The minimum Gasteiger partial charge on any atom is -0.447 e. The maximum absolute atomic E-state index is 12.6. The number of nitrogens with zero attached hydrogens (tertiary/aromatic N) is 3. The van der Waals surface area contributed by atoms with Crippen LogP contribution >= 0.6 is 23.4 Å². The maximum atomic E-state index is 12.6. The Hall–Kier alpha value is -2.78. The Morgan fingerprint density at radius 3 is 2.58 bits per heavy atom. The van der Waals surface area contributed by atoms with Gasteiger partial charge in [0.25, 0.3) is 0 Å². The highest BCUT2D eigenvalue weighted by molar-refractivity contribution is 8.00. The number of carbonyl (C=O) groups is 3. The van der Waals surface area contributed by atoms with Crippen molar-refractivity contribution in [1.29, 1.82) is 0 Å². The lowest BCUT2D eigenvalue weighted by molar-refractivity contribution is -0.129. The van der Waals surface area contributed by atoms with Gasteiger partial charge in [0, 0.05) is 25.3 Å². The minimum absolute atomic E-state index is 0.000485. The minimum atomic E-state index is -0.287. The van der Waals surface area contributed by atoms with E-state index in [2.05, 4.69) is 10.3 Å². The van der Waals surface area contributed by atoms with Crippen LogP contribution < -0.4 is 5.32 Å². The van der Waals surface area contributed by atoms with Crippen LogP contribution in [0.3, 0.4) is 0 Å². The van der Waals surface area contributed by atoms with E-state index >= 15 is 0 Å². The van der Waals surface area contributed by atoms with Gasteiger partial charge in [-0.05, 0) is 30.5 Å². The molecule has 3 amide bonds. The monoisotopic (exact) mass is 488 g/mol. The summed E-state index contributed by atoms with van der Waals surface area (Å²) in [6, 6.07) is 13.1. The standard InChI is InChI=1S/C23H25ClN4O4S/c24-17-6-7-20(25-12-17)26-21(29)14-33-15-22(30)27-10-8-18(9-11-27)28-19(13-32-23(28)31)16-4-2-1-3-5-16/h1-7,12,18-19H,8-11,13-15H2,(H,25,26,29). The number of halogens is 1. The first-order valence-corrected chi connectivity index (χ1v) is 12.3. The quantitative estimate of drug-likeness (QED) is 0.640. The second kappa shape index (κ2) is 10.9. The predicted molar refractivity (Wildman–Crippen MR) is 127 cm³/mol. The van der Waals surface area contributed by atoms with Crippen molar-refractivity contribution in [2.24, 2.45) is 0 Å². The molecule has 1 aromatic heterocycles. The molecule has 1 N–H and O–H groups in total. The number of anilines is 1. The fourth-order valence-electron chi connectivity index (χ4n) is 4.11. The zero-order valence-corrected chi connectivity index (χ0v) is 19.6. The first kappa shape index (κ1) is 23.4. The zero-order valence-electron chi connectivity index (χ0n) is 18.0. The number of benzene rings is 1. The van der Waals surface area contributed by atoms with E-state index in [0.29, 0.717) is 43.4 Å². The van der Waals surface area contributed by atoms with Gasteiger partial charge in [-0.3, -0.25) is 14.5 Å². The van der Waals surface area contributed by atoms with Gasteiger partial charge in [-0.15, -0.1) is 11.8 Å². The van der Waals surface area contributed by atoms with E-state index in [-0.39, 0.29) is 41.5 Å². The number of nitrogens with one attached hydrogen (secondary N) is 1. The molecule has 2 aliphatic heterocycles. The van der Waals surface area contributed by atoms with Crippen molar-refractivity contribution in [2.75, 3.05) is 36.5 Å². The van der Waals surface area contributed by atoms with E-state index in [1.807, 2.05) is 35.2 Å². The van der Waals surface area contributed by atoms with Gasteiger partial charge in [0.2, 0.25) is 11.8 Å². The van der Waals surface area contributed by atoms with Crippen molar-refractivity contribution in [3.63, 3.8) is 0 Å². The number of piperidine rings is 1. The summed E-state index contributed by atoms with van der Waals surface area (Å²) in [4.78, 5) is 44.7. The summed E-state index contributed by atoms with van der Waals surface area (Å²) in [5.74, 6) is 0.586. The Kier molecular flexibility index (Phi) is 7.72. The summed E-state index contributed by atoms with van der Waals surface area (Å²) in [5.41, 5.74) is 1.06. The number of thioether (sulfide) groups is 1. The SMILES string of the molecule is O=C(CSCC(=O)N1CCC(N2C(=O)OCC2c2ccccc2)CC1)Nc1ccc(Cl)cn1. The number of hydrogen-bond acceptors (Lipinski definition) is 6. The van der Waals surface area contributed by atoms with E-state index in [1.54, 1.807) is 17.0 Å². The molecule has 2 fully saturated rings. The van der Waals surface area contributed by atoms with Crippen LogP contribution in [0.25, 0.3) is 0 Å². The average Bonchev–Trinajstić information content (AvgIpc) is 3.22. The summed E-state index contributed by atoms with van der Waals surface area (Å²) >= 11 is 7.05. The lowest BCUT2D eigenvalue weighted by Gasteiger charge is -2.38. The lowest BCUT2D eigenvalue weighted by atomic mass is 9.99. The number of aromatic nitrogens is 1. The highest BCUT2D eigenvalue weighted by Crippen LogP contribution is 2.33. The van der Waals surface area contributed by atoms with Gasteiger partial charge in [0.05, 0.1) is 22.6 Å². The van der Waals surface area contributed by atoms with E-state index in [0.717, 1.165) is 5.56 Å². The molecule has 10 heteroatoms. The molecule has 0 aliphatic carbocycles. The maximum Gasteiger partial charge on any atom is 0.410 e. The molecule has 3 heterocycles. The molecule has 1 unspecified atom stereocenters. The largest absolute Gasteiger partial charge is 0.447 e. The van der Waals surface area contributed by atoms with Gasteiger partial charge in [0.1, 0.15) is 12.4 Å². The molecule has 0 radical (unpaired) electrons. The van der Waals surface area contributed by atoms with Gasteiger partial charge >= 0.3 is 6.09 Å². The molecular formula is C23H25ClN4O4S. The molecule has 33 heavy (non-hydrogen) atoms. The van der Waals surface area contributed by atoms with Crippen LogP contribution in [-0.4, -0.2) is 69.9 Å². The van der Waals surface area contributed by atoms with E-state index < -0.39 is 0 Å². The van der Waals surface area contributed by atoms with Gasteiger partial charge in [-0.25, -0.2) is 9.78 Å². The second-order valence-corrected chi connectivity index (χ2v) is 9.35. The topological polar surface area (TPSA) is 91.8 Å². The number of ether oxygens (including phenoxy) is 1. The molecule has 2 saturated heterocycles. The molecular weight excluding hydrogens is 464 g/mol. The first-order chi connectivity index (χ1) is 16.0. The number of pyridine rings is 1. The molecule has 1 aromatic carbocycles. The summed E-state index contributed by atoms with van der Waals surface area (Å²) in [6.07, 6.45) is 2.58. The van der Waals surface area contributed by atoms with Crippen molar-refractivity contribution < 1.29 is 19.1 Å². The second-order valence-electron chi connectivity index (χ2n) is 7.93. The summed E-state index contributed by atoms with van der Waals surface area (Å²) in [7, 11) is 0. The Morgan fingerprint density at radius 1 is 1.12 bits per heavy atom. The summed E-state index contributed by atoms with van der Waals surface area (Å²) < 4.78 is 5.34. The van der Waals surface area contributed by atoms with Crippen LogP contribution in [-0.2, 0) is 14.3 Å². The number of amides is 3. The Labute approximate surface area is 201 Å². The van der Waals surface area contributed by atoms with Gasteiger partial charge in [-0.1, -0.05) is 41.9 Å². The molecule has 174 valence electrons. The van der Waals surface area contributed by atoms with E-state index in [1.165, 1.54) is 18.0 Å². The van der Waals surface area contributed by atoms with E-state index in [9.17, 15) is 14.4 Å². The van der Waals surface area contributed by atoms with Gasteiger partial charge < -0.3 is 15.0 Å². The summed E-state index contributed by atoms with van der Waals surface area (Å²) in [5, 5.41) is 3.17. The Morgan fingerprint density at radius 2 is 1.88 bits per heavy atom. The Balaban J connectivity index is 1.21. The molecule has 4 rings (SSSR count). The molecule has 0 bridgehead atoms. The molecule has 0 saturated carbocycles. The van der Waals surface area contributed by atoms with Crippen molar-refractivity contribution in [3.8, 4) is 0 Å². The van der Waals surface area contributed by atoms with Crippen molar-refractivity contribution >= 4 is 47.1 Å². The molecule has 1 atom stereocenters. The normalized spacial score (nSPS) is 18.8. The van der Waals surface area contributed by atoms with Crippen LogP contribution in [0.5, 0.6) is 0 Å². The predicted octanol–water partition coefficient (Wildman–Crippen LogP) is 3.59. The van der Waals surface area contributed by atoms with Crippen LogP contribution in [0.4, 0.5) is 10.6 Å². The molecule has 2 aliphatic rings. The zero-order chi connectivity index (χ0) is 23.2. The average molecular weight is 489 g/mol. The molecule has 8 nitrogen and oxygen atoms in total. The van der Waals surface area contributed by atoms with Crippen molar-refractivity contribution in [2.45, 2.75) is 24.9 Å². The number of likely N-dealkylation sites (tertiary alicyclic amines) is 1. The highest BCUT2D eigenvalue weighted by atomic mass is 35.5. The van der Waals surface area contributed by atoms with Gasteiger partial charge in [-0.2, -0.15) is 0 Å². The Bertz CT molecular complexity index is 984. The fraction of sp³-hybridized carbons (Fsp3) is 0.391. The van der Waals surface area contributed by atoms with Crippen LogP contribution in [0.1, 0.15) is 24.4 Å². The summed E-state index contributed by atoms with van der Waals surface area (Å²) in [6.45, 7) is 1.51. The number of rotatable bonds is 7. The fourth-order valence-corrected chi connectivity index (χ4v) is 4.94. The van der Waals surface area contributed by atoms with Gasteiger partial charge in [0.15, 0.2) is 0 Å². The van der Waals surface area contributed by atoms with Crippen LogP contribution in [0.15, 0.2) is 48.7 Å². The van der Waals surface area contributed by atoms with E-state index in [4.69, 9.17) is 16.3 Å². The third-order valence-electron chi connectivity index (χ3n) is 5.76. The smallest absolute Gasteiger partial charge is 0.410 e. The number of carbonyl (C=O) groups excluding carboxylic acids is 3. The van der Waals surface area contributed by atoms with Crippen LogP contribution in [0.2, 0.25) is 5.02 Å². The third kappa shape index (κ3) is 5.97. The number of cyclic esters (lactones) is 1. The number of hydrogen-bond donors (Lipinski definition) is 1. The van der Waals surface area contributed by atoms with Crippen molar-refractivity contribution in [3.05, 3.63) is 59.2 Å².